The first kappa shape index (κ1) is 24.8. The molecular formula is C18H30N2O8S2. The molecule has 0 bridgehead atoms. The Morgan fingerprint density at radius 2 is 1.00 bits per heavy atom. The maximum atomic E-state index is 11.6. The summed E-state index contributed by atoms with van der Waals surface area (Å²) in [5, 5.41) is 0. The van der Waals surface area contributed by atoms with Gasteiger partial charge in [-0.2, -0.15) is 0 Å². The van der Waals surface area contributed by atoms with E-state index in [4.69, 9.17) is 9.47 Å². The highest BCUT2D eigenvalue weighted by Crippen LogP contribution is 2.05. The number of carbonyl (C=O) groups excluding carboxylic acids is 2. The monoisotopic (exact) mass is 466 g/mol. The summed E-state index contributed by atoms with van der Waals surface area (Å²) in [6.45, 7) is 3.67. The number of nitrogens with zero attached hydrogens (tertiary/aromatic N) is 2. The summed E-state index contributed by atoms with van der Waals surface area (Å²) in [5.74, 6) is -0.616. The summed E-state index contributed by atoms with van der Waals surface area (Å²) in [5.41, 5.74) is 0. The van der Waals surface area contributed by atoms with Crippen LogP contribution < -0.4 is 0 Å². The lowest BCUT2D eigenvalue weighted by atomic mass is 10.4. The SMILES string of the molecule is O=C(/C=C/C(=O)OCCCN1CCS(=O)(=O)CC1)OCCCN1CCS(=O)(=O)CC1. The lowest BCUT2D eigenvalue weighted by Crippen LogP contribution is -2.40. The Morgan fingerprint density at radius 3 is 1.33 bits per heavy atom. The minimum atomic E-state index is -2.90. The minimum Gasteiger partial charge on any atom is -0.462 e. The first-order chi connectivity index (χ1) is 14.2. The normalized spacial score (nSPS) is 22.0. The molecule has 0 aromatic heterocycles. The van der Waals surface area contributed by atoms with Crippen molar-refractivity contribution in [3.8, 4) is 0 Å². The molecule has 2 fully saturated rings. The van der Waals surface area contributed by atoms with Gasteiger partial charge in [0.15, 0.2) is 19.7 Å². The summed E-state index contributed by atoms with van der Waals surface area (Å²) >= 11 is 0. The van der Waals surface area contributed by atoms with Crippen molar-refractivity contribution in [2.24, 2.45) is 0 Å². The molecular weight excluding hydrogens is 436 g/mol. The second kappa shape index (κ2) is 11.8. The molecule has 2 heterocycles. The molecule has 0 aromatic carbocycles. The molecule has 0 unspecified atom stereocenters. The Balaban J connectivity index is 1.48. The summed E-state index contributed by atoms with van der Waals surface area (Å²) in [6.07, 6.45) is 3.21. The predicted octanol–water partition coefficient (Wildman–Crippen LogP) is -1.13. The lowest BCUT2D eigenvalue weighted by Gasteiger charge is -2.26. The third kappa shape index (κ3) is 10.0. The summed E-state index contributed by atoms with van der Waals surface area (Å²) in [7, 11) is -5.80. The van der Waals surface area contributed by atoms with E-state index in [1.165, 1.54) is 0 Å². The number of ether oxygens (including phenoxy) is 2. The number of rotatable bonds is 10. The highest BCUT2D eigenvalue weighted by atomic mass is 32.2. The van der Waals surface area contributed by atoms with Crippen molar-refractivity contribution in [3.63, 3.8) is 0 Å². The zero-order valence-corrected chi connectivity index (χ0v) is 18.7. The molecule has 30 heavy (non-hydrogen) atoms. The highest BCUT2D eigenvalue weighted by molar-refractivity contribution is 7.91. The molecule has 0 aromatic rings. The molecule has 12 heteroatoms. The van der Waals surface area contributed by atoms with Crippen LogP contribution in [0.4, 0.5) is 0 Å². The van der Waals surface area contributed by atoms with E-state index in [0.717, 1.165) is 12.2 Å². The van der Waals surface area contributed by atoms with Gasteiger partial charge in [0.05, 0.1) is 36.2 Å². The van der Waals surface area contributed by atoms with Crippen molar-refractivity contribution in [2.45, 2.75) is 12.8 Å². The van der Waals surface area contributed by atoms with Crippen LogP contribution in [0, 0.1) is 0 Å². The Bertz CT molecular complexity index is 727. The van der Waals surface area contributed by atoms with Gasteiger partial charge in [-0.05, 0) is 12.8 Å². The Hall–Kier alpha value is -1.50. The van der Waals surface area contributed by atoms with Gasteiger partial charge in [-0.25, -0.2) is 26.4 Å². The minimum absolute atomic E-state index is 0.164. The van der Waals surface area contributed by atoms with Crippen molar-refractivity contribution in [3.05, 3.63) is 12.2 Å². The predicted molar refractivity (Wildman–Crippen MR) is 110 cm³/mol. The average Bonchev–Trinajstić information content (AvgIpc) is 2.69. The van der Waals surface area contributed by atoms with Crippen molar-refractivity contribution in [1.82, 2.24) is 9.80 Å². The molecule has 0 amide bonds. The highest BCUT2D eigenvalue weighted by Gasteiger charge is 2.21. The van der Waals surface area contributed by atoms with Crippen LogP contribution in [0.2, 0.25) is 0 Å². The van der Waals surface area contributed by atoms with E-state index in [9.17, 15) is 26.4 Å². The average molecular weight is 467 g/mol. The van der Waals surface area contributed by atoms with Crippen LogP contribution in [0.1, 0.15) is 12.8 Å². The molecule has 0 atom stereocenters. The molecule has 0 spiro atoms. The van der Waals surface area contributed by atoms with E-state index >= 15 is 0 Å². The molecule has 2 saturated heterocycles. The zero-order valence-electron chi connectivity index (χ0n) is 17.0. The van der Waals surface area contributed by atoms with Crippen LogP contribution in [0.15, 0.2) is 12.2 Å². The molecule has 0 saturated carbocycles. The number of carbonyl (C=O) groups is 2. The van der Waals surface area contributed by atoms with Gasteiger partial charge in [-0.1, -0.05) is 0 Å². The number of sulfone groups is 2. The van der Waals surface area contributed by atoms with Gasteiger partial charge >= 0.3 is 11.9 Å². The van der Waals surface area contributed by atoms with Crippen LogP contribution in [-0.4, -0.2) is 114 Å². The van der Waals surface area contributed by atoms with Crippen LogP contribution in [0.25, 0.3) is 0 Å². The quantitative estimate of drug-likeness (QED) is 0.222. The van der Waals surface area contributed by atoms with Crippen LogP contribution in [0.5, 0.6) is 0 Å². The molecule has 2 aliphatic rings. The molecule has 0 aliphatic carbocycles. The van der Waals surface area contributed by atoms with E-state index in [0.29, 0.717) is 52.1 Å². The van der Waals surface area contributed by atoms with E-state index in [2.05, 4.69) is 0 Å². The first-order valence-electron chi connectivity index (χ1n) is 10.0. The van der Waals surface area contributed by atoms with E-state index in [1.54, 1.807) is 0 Å². The number of hydrogen-bond acceptors (Lipinski definition) is 10. The largest absolute Gasteiger partial charge is 0.462 e. The summed E-state index contributed by atoms with van der Waals surface area (Å²) in [4.78, 5) is 27.3. The standard InChI is InChI=1S/C18H30N2O8S2/c21-17(27-11-1-5-19-7-13-29(23,24)14-8-19)3-4-18(22)28-12-2-6-20-9-15-30(25,26)16-10-20/h3-4H,1-2,5-16H2/b4-3+. The topological polar surface area (TPSA) is 127 Å². The van der Waals surface area contributed by atoms with Crippen LogP contribution in [0.3, 0.4) is 0 Å². The summed E-state index contributed by atoms with van der Waals surface area (Å²) in [6, 6.07) is 0. The van der Waals surface area contributed by atoms with Crippen LogP contribution in [-0.2, 0) is 38.7 Å². The second-order valence-electron chi connectivity index (χ2n) is 7.36. The molecule has 2 rings (SSSR count). The Labute approximate surface area is 178 Å². The Morgan fingerprint density at radius 1 is 0.667 bits per heavy atom. The van der Waals surface area contributed by atoms with Crippen molar-refractivity contribution in [1.29, 1.82) is 0 Å². The van der Waals surface area contributed by atoms with Crippen molar-refractivity contribution < 1.29 is 35.9 Å². The van der Waals surface area contributed by atoms with E-state index in [-0.39, 0.29) is 36.2 Å². The molecule has 172 valence electrons. The first-order valence-corrected chi connectivity index (χ1v) is 13.7. The van der Waals surface area contributed by atoms with Gasteiger partial charge in [0.1, 0.15) is 0 Å². The lowest BCUT2D eigenvalue weighted by molar-refractivity contribution is -0.140. The van der Waals surface area contributed by atoms with Crippen molar-refractivity contribution in [2.75, 3.05) is 75.5 Å². The van der Waals surface area contributed by atoms with Gasteiger partial charge < -0.3 is 19.3 Å². The van der Waals surface area contributed by atoms with E-state index < -0.39 is 31.6 Å². The maximum absolute atomic E-state index is 11.6. The maximum Gasteiger partial charge on any atom is 0.331 e. The van der Waals surface area contributed by atoms with E-state index in [1.807, 2.05) is 9.80 Å². The van der Waals surface area contributed by atoms with Crippen LogP contribution >= 0.6 is 0 Å². The third-order valence-corrected chi connectivity index (χ3v) is 8.17. The van der Waals surface area contributed by atoms with Gasteiger partial charge in [0, 0.05) is 51.4 Å². The van der Waals surface area contributed by atoms with Crippen molar-refractivity contribution >= 4 is 31.6 Å². The second-order valence-corrected chi connectivity index (χ2v) is 12.0. The third-order valence-electron chi connectivity index (χ3n) is 4.96. The van der Waals surface area contributed by atoms with Gasteiger partial charge in [-0.3, -0.25) is 0 Å². The number of hydrogen-bond donors (Lipinski definition) is 0. The fourth-order valence-electron chi connectivity index (χ4n) is 3.10. The molecule has 0 radical (unpaired) electrons. The number of esters is 2. The van der Waals surface area contributed by atoms with Gasteiger partial charge in [0.2, 0.25) is 0 Å². The smallest absolute Gasteiger partial charge is 0.331 e. The summed E-state index contributed by atoms with van der Waals surface area (Å²) < 4.78 is 55.4. The molecule has 2 aliphatic heterocycles. The fourth-order valence-corrected chi connectivity index (χ4v) is 5.66. The van der Waals surface area contributed by atoms with Gasteiger partial charge in [0.25, 0.3) is 0 Å². The fraction of sp³-hybridized carbons (Fsp3) is 0.778. The van der Waals surface area contributed by atoms with Gasteiger partial charge in [-0.15, -0.1) is 0 Å². The zero-order chi connectivity index (χ0) is 22.0. The Kier molecular flexibility index (Phi) is 9.72. The molecule has 0 N–H and O–H groups in total. The molecule has 10 nitrogen and oxygen atoms in total.